The van der Waals surface area contributed by atoms with Crippen molar-refractivity contribution >= 4 is 28.9 Å². The Morgan fingerprint density at radius 2 is 1.90 bits per heavy atom. The average Bonchev–Trinajstić information content (AvgIpc) is 3.28. The molecule has 3 rings (SSSR count). The number of hydrogen-bond donors (Lipinski definition) is 0. The number of carbonyl (C=O) groups is 3. The normalized spacial score (nSPS) is 15.7. The van der Waals surface area contributed by atoms with Gasteiger partial charge in [-0.25, -0.2) is 9.59 Å². The number of para-hydroxylation sites is 1. The van der Waals surface area contributed by atoms with Gasteiger partial charge in [0.05, 0.1) is 18.2 Å². The number of aromatic nitrogens is 1. The summed E-state index contributed by atoms with van der Waals surface area (Å²) in [5, 5.41) is 0.851. The monoisotopic (exact) mass is 573 g/mol. The Kier molecular flexibility index (Phi) is 11.5. The fraction of sp³-hybridized carbons (Fsp3) is 0.645. The fourth-order valence-corrected chi connectivity index (χ4v) is 5.30. The van der Waals surface area contributed by atoms with E-state index in [2.05, 4.69) is 0 Å². The molecule has 1 aromatic carbocycles. The van der Waals surface area contributed by atoms with Crippen LogP contribution in [-0.4, -0.2) is 90.0 Å². The highest BCUT2D eigenvalue weighted by molar-refractivity contribution is 6.00. The van der Waals surface area contributed by atoms with E-state index in [-0.39, 0.29) is 37.3 Å². The summed E-state index contributed by atoms with van der Waals surface area (Å²) >= 11 is 0. The highest BCUT2D eigenvalue weighted by Crippen LogP contribution is 2.32. The van der Waals surface area contributed by atoms with E-state index >= 15 is 0 Å². The molecule has 1 aliphatic rings. The van der Waals surface area contributed by atoms with Crippen LogP contribution >= 0.6 is 0 Å². The molecule has 1 saturated heterocycles. The Bertz CT molecular complexity index is 1180. The molecule has 2 amide bonds. The number of nitrogens with zero attached hydrogens (tertiary/aromatic N) is 3. The minimum Gasteiger partial charge on any atom is -0.480 e. The minimum atomic E-state index is -0.589. The Hall–Kier alpha value is -3.27. The number of methoxy groups -OCH3 is 1. The number of ether oxygens (including phenoxy) is 4. The molecule has 1 aromatic heterocycles. The molecule has 0 radical (unpaired) electrons. The van der Waals surface area contributed by atoms with Crippen LogP contribution in [0.2, 0.25) is 0 Å². The molecule has 2 heterocycles. The molecule has 0 saturated carbocycles. The maximum atomic E-state index is 14.4. The van der Waals surface area contributed by atoms with Gasteiger partial charge in [-0.2, -0.15) is 0 Å². The van der Waals surface area contributed by atoms with Gasteiger partial charge in [-0.1, -0.05) is 12.1 Å². The smallest absolute Gasteiger partial charge is 0.410 e. The first-order valence-electron chi connectivity index (χ1n) is 14.7. The average molecular weight is 574 g/mol. The first kappa shape index (κ1) is 32.2. The summed E-state index contributed by atoms with van der Waals surface area (Å²) in [4.78, 5) is 42.9. The molecule has 0 bridgehead atoms. The molecule has 1 atom stereocenters. The van der Waals surface area contributed by atoms with Gasteiger partial charge in [-0.3, -0.25) is 4.79 Å². The highest BCUT2D eigenvalue weighted by Gasteiger charge is 2.35. The molecule has 0 aliphatic carbocycles. The summed E-state index contributed by atoms with van der Waals surface area (Å²) in [6.45, 7) is 13.6. The molecule has 10 nitrogen and oxygen atoms in total. The molecule has 1 fully saturated rings. The lowest BCUT2D eigenvalue weighted by Gasteiger charge is -2.41. The molecule has 0 unspecified atom stereocenters. The van der Waals surface area contributed by atoms with Crippen molar-refractivity contribution in [2.24, 2.45) is 0 Å². The van der Waals surface area contributed by atoms with E-state index in [9.17, 15) is 14.4 Å². The van der Waals surface area contributed by atoms with Gasteiger partial charge in [0.2, 0.25) is 0 Å². The number of aryl methyl sites for hydroxylation is 1. The SMILES string of the molecule is CCOC(=O)COc1cccc2cc(C(=O)N(C(C)C)[C@@H]3CCCN(C(=O)OC(C)(C)C)C3)n(CCCCOC)c12. The first-order chi connectivity index (χ1) is 19.5. The molecule has 1 aliphatic heterocycles. The van der Waals surface area contributed by atoms with Gasteiger partial charge in [-0.15, -0.1) is 0 Å². The summed E-state index contributed by atoms with van der Waals surface area (Å²) in [6, 6.07) is 7.26. The van der Waals surface area contributed by atoms with Gasteiger partial charge in [0.1, 0.15) is 17.0 Å². The number of esters is 1. The molecule has 10 heteroatoms. The summed E-state index contributed by atoms with van der Waals surface area (Å²) in [5.41, 5.74) is 0.724. The standard InChI is InChI=1S/C31H47N3O7/c1-8-39-27(35)21-40-26-15-11-13-23-19-25(33(28(23)26)17-9-10-18-38-7)29(36)34(22(2)3)24-14-12-16-32(20-24)30(37)41-31(4,5)6/h11,13,15,19,22,24H,8-10,12,14,16-18,20-21H2,1-7H3/t24-/m1/s1. The van der Waals surface area contributed by atoms with Gasteiger partial charge in [-0.05, 0) is 79.4 Å². The van der Waals surface area contributed by atoms with Gasteiger partial charge in [0, 0.05) is 44.8 Å². The summed E-state index contributed by atoms with van der Waals surface area (Å²) in [7, 11) is 1.67. The Morgan fingerprint density at radius 3 is 2.56 bits per heavy atom. The lowest BCUT2D eigenvalue weighted by atomic mass is 10.0. The van der Waals surface area contributed by atoms with Gasteiger partial charge < -0.3 is 33.3 Å². The molecular weight excluding hydrogens is 526 g/mol. The largest absolute Gasteiger partial charge is 0.480 e. The third kappa shape index (κ3) is 8.61. The molecule has 0 N–H and O–H groups in total. The van der Waals surface area contributed by atoms with Gasteiger partial charge in [0.15, 0.2) is 6.61 Å². The van der Waals surface area contributed by atoms with Crippen molar-refractivity contribution in [1.82, 2.24) is 14.4 Å². The zero-order chi connectivity index (χ0) is 30.2. The lowest BCUT2D eigenvalue weighted by Crippen LogP contribution is -2.54. The van der Waals surface area contributed by atoms with E-state index < -0.39 is 11.6 Å². The number of rotatable bonds is 12. The van der Waals surface area contributed by atoms with Crippen molar-refractivity contribution < 1.29 is 33.3 Å². The van der Waals surface area contributed by atoms with Crippen LogP contribution in [-0.2, 0) is 25.5 Å². The first-order valence-corrected chi connectivity index (χ1v) is 14.7. The van der Waals surface area contributed by atoms with Crippen molar-refractivity contribution in [3.8, 4) is 5.75 Å². The van der Waals surface area contributed by atoms with Crippen molar-refractivity contribution in [2.45, 2.75) is 91.5 Å². The number of benzene rings is 1. The Morgan fingerprint density at radius 1 is 1.15 bits per heavy atom. The van der Waals surface area contributed by atoms with Crippen LogP contribution in [0.25, 0.3) is 10.9 Å². The minimum absolute atomic E-state index is 0.0921. The van der Waals surface area contributed by atoms with Gasteiger partial charge in [0.25, 0.3) is 5.91 Å². The number of amides is 2. The van der Waals surface area contributed by atoms with E-state index in [1.807, 2.05) is 68.4 Å². The van der Waals surface area contributed by atoms with Gasteiger partial charge >= 0.3 is 12.1 Å². The van der Waals surface area contributed by atoms with E-state index in [0.717, 1.165) is 36.6 Å². The summed E-state index contributed by atoms with van der Waals surface area (Å²) < 4.78 is 23.8. The van der Waals surface area contributed by atoms with Crippen LogP contribution in [0.4, 0.5) is 4.79 Å². The zero-order valence-electron chi connectivity index (χ0n) is 25.7. The van der Waals surface area contributed by atoms with E-state index in [4.69, 9.17) is 18.9 Å². The Labute approximate surface area is 243 Å². The van der Waals surface area contributed by atoms with E-state index in [1.165, 1.54) is 0 Å². The van der Waals surface area contributed by atoms with Crippen LogP contribution in [0.5, 0.6) is 5.75 Å². The van der Waals surface area contributed by atoms with Crippen molar-refractivity contribution in [3.05, 3.63) is 30.0 Å². The van der Waals surface area contributed by atoms with E-state index in [1.54, 1.807) is 18.9 Å². The van der Waals surface area contributed by atoms with Crippen LogP contribution in [0, 0.1) is 0 Å². The van der Waals surface area contributed by atoms with Crippen molar-refractivity contribution in [2.75, 3.05) is 40.0 Å². The molecule has 228 valence electrons. The third-order valence-electron chi connectivity index (χ3n) is 6.97. The van der Waals surface area contributed by atoms with E-state index in [0.29, 0.717) is 37.7 Å². The molecule has 41 heavy (non-hydrogen) atoms. The predicted octanol–water partition coefficient (Wildman–Crippen LogP) is 5.26. The summed E-state index contributed by atoms with van der Waals surface area (Å²) in [5.74, 6) is -0.0293. The van der Waals surface area contributed by atoms with Crippen LogP contribution < -0.4 is 4.74 Å². The second kappa shape index (κ2) is 14.6. The number of hydrogen-bond acceptors (Lipinski definition) is 7. The van der Waals surface area contributed by atoms with Crippen LogP contribution in [0.1, 0.15) is 77.7 Å². The maximum Gasteiger partial charge on any atom is 0.410 e. The van der Waals surface area contributed by atoms with Crippen LogP contribution in [0.3, 0.4) is 0 Å². The Balaban J connectivity index is 1.96. The highest BCUT2D eigenvalue weighted by atomic mass is 16.6. The predicted molar refractivity (Wildman–Crippen MR) is 157 cm³/mol. The maximum absolute atomic E-state index is 14.4. The summed E-state index contributed by atoms with van der Waals surface area (Å²) in [6.07, 6.45) is 2.85. The second-order valence-electron chi connectivity index (χ2n) is 11.7. The molecular formula is C31H47N3O7. The van der Waals surface area contributed by atoms with Crippen molar-refractivity contribution in [3.63, 3.8) is 0 Å². The fourth-order valence-electron chi connectivity index (χ4n) is 5.30. The third-order valence-corrected chi connectivity index (χ3v) is 6.97. The van der Waals surface area contributed by atoms with Crippen molar-refractivity contribution in [1.29, 1.82) is 0 Å². The number of piperidine rings is 1. The number of carbonyl (C=O) groups excluding carboxylic acids is 3. The lowest BCUT2D eigenvalue weighted by molar-refractivity contribution is -0.145. The second-order valence-corrected chi connectivity index (χ2v) is 11.7. The molecule has 2 aromatic rings. The number of unbranched alkanes of at least 4 members (excludes halogenated alkanes) is 1. The topological polar surface area (TPSA) is 99.5 Å². The number of likely N-dealkylation sites (tertiary alicyclic amines) is 1. The number of fused-ring (bicyclic) bond motifs is 1. The zero-order valence-corrected chi connectivity index (χ0v) is 25.7. The quantitative estimate of drug-likeness (QED) is 0.252. The van der Waals surface area contributed by atoms with Crippen LogP contribution in [0.15, 0.2) is 24.3 Å². The molecule has 0 spiro atoms.